The van der Waals surface area contributed by atoms with Crippen molar-refractivity contribution < 1.29 is 9.66 Å². The number of benzene rings is 1. The Kier molecular flexibility index (Phi) is 5.17. The fraction of sp³-hybridized carbons (Fsp3) is 0.625. The van der Waals surface area contributed by atoms with Crippen LogP contribution in [0.2, 0.25) is 0 Å². The van der Waals surface area contributed by atoms with Gasteiger partial charge >= 0.3 is 5.69 Å². The molecule has 21 heavy (non-hydrogen) atoms. The molecule has 0 aromatic heterocycles. The molecule has 1 aliphatic rings. The van der Waals surface area contributed by atoms with Gasteiger partial charge in [0.15, 0.2) is 5.75 Å². The summed E-state index contributed by atoms with van der Waals surface area (Å²) in [4.78, 5) is 10.6. The van der Waals surface area contributed by atoms with Crippen LogP contribution in [0.3, 0.4) is 0 Å². The summed E-state index contributed by atoms with van der Waals surface area (Å²) in [6, 6.07) is 5.13. The lowest BCUT2D eigenvalue weighted by Gasteiger charge is -2.33. The van der Waals surface area contributed by atoms with Crippen LogP contribution in [0.15, 0.2) is 18.2 Å². The highest BCUT2D eigenvalue weighted by atomic mass is 16.6. The first-order valence-electron chi connectivity index (χ1n) is 7.56. The molecule has 1 aromatic rings. The van der Waals surface area contributed by atoms with Crippen molar-refractivity contribution in [1.29, 1.82) is 0 Å². The number of hydrogen-bond acceptors (Lipinski definition) is 4. The molecule has 0 amide bonds. The minimum atomic E-state index is -0.398. The van der Waals surface area contributed by atoms with E-state index in [1.165, 1.54) is 39.2 Å². The lowest BCUT2D eigenvalue weighted by atomic mass is 9.76. The van der Waals surface area contributed by atoms with Gasteiger partial charge in [-0.3, -0.25) is 10.1 Å². The molecule has 0 radical (unpaired) electrons. The largest absolute Gasteiger partial charge is 0.490 e. The van der Waals surface area contributed by atoms with Gasteiger partial charge in [0.25, 0.3) is 0 Å². The van der Waals surface area contributed by atoms with E-state index in [1.54, 1.807) is 12.1 Å². The third kappa shape index (κ3) is 4.17. The molecule has 0 spiro atoms. The van der Waals surface area contributed by atoms with Crippen LogP contribution < -0.4 is 10.1 Å². The van der Waals surface area contributed by atoms with E-state index in [4.69, 9.17) is 4.74 Å². The Morgan fingerprint density at radius 2 is 2.05 bits per heavy atom. The topological polar surface area (TPSA) is 64.4 Å². The van der Waals surface area contributed by atoms with Crippen LogP contribution in [0.4, 0.5) is 5.69 Å². The summed E-state index contributed by atoms with van der Waals surface area (Å²) in [5.74, 6) is 0.308. The maximum atomic E-state index is 11.0. The molecule has 1 N–H and O–H groups in total. The number of methoxy groups -OCH3 is 1. The van der Waals surface area contributed by atoms with E-state index in [0.29, 0.717) is 17.7 Å². The summed E-state index contributed by atoms with van der Waals surface area (Å²) in [6.45, 7) is 3.95. The molecule has 0 atom stereocenters. The molecule has 0 saturated heterocycles. The number of nitrogens with zero attached hydrogens (tertiary/aromatic N) is 1. The molecule has 1 aromatic carbocycles. The first kappa shape index (κ1) is 15.8. The van der Waals surface area contributed by atoms with Crippen LogP contribution in [0.5, 0.6) is 5.75 Å². The summed E-state index contributed by atoms with van der Waals surface area (Å²) in [6.07, 6.45) is 6.50. The third-order valence-corrected chi connectivity index (χ3v) is 4.38. The van der Waals surface area contributed by atoms with E-state index in [2.05, 4.69) is 12.2 Å². The molecule has 116 valence electrons. The smallest absolute Gasteiger partial charge is 0.311 e. The van der Waals surface area contributed by atoms with E-state index in [-0.39, 0.29) is 5.69 Å². The van der Waals surface area contributed by atoms with Gasteiger partial charge in [0.05, 0.1) is 12.0 Å². The third-order valence-electron chi connectivity index (χ3n) is 4.38. The highest BCUT2D eigenvalue weighted by molar-refractivity contribution is 5.48. The number of nitro benzene ring substituents is 1. The van der Waals surface area contributed by atoms with Gasteiger partial charge in [0, 0.05) is 19.2 Å². The lowest BCUT2D eigenvalue weighted by molar-refractivity contribution is -0.385. The Labute approximate surface area is 125 Å². The van der Waals surface area contributed by atoms with Crippen LogP contribution in [-0.2, 0) is 6.54 Å². The zero-order valence-corrected chi connectivity index (χ0v) is 12.9. The molecule has 0 bridgehead atoms. The quantitative estimate of drug-likeness (QED) is 0.642. The molecule has 5 heteroatoms. The normalized spacial score (nSPS) is 17.4. The molecule has 0 unspecified atom stereocenters. The summed E-state index contributed by atoms with van der Waals surface area (Å²) < 4.78 is 5.02. The van der Waals surface area contributed by atoms with Crippen molar-refractivity contribution in [3.8, 4) is 5.75 Å². The van der Waals surface area contributed by atoms with Gasteiger partial charge in [-0.25, -0.2) is 0 Å². The summed E-state index contributed by atoms with van der Waals surface area (Å²) in [7, 11) is 1.45. The van der Waals surface area contributed by atoms with Crippen molar-refractivity contribution in [3.63, 3.8) is 0 Å². The van der Waals surface area contributed by atoms with Crippen LogP contribution in [0.25, 0.3) is 0 Å². The number of nitro groups is 1. The predicted molar refractivity (Wildman–Crippen MR) is 82.5 cm³/mol. The van der Waals surface area contributed by atoms with Gasteiger partial charge in [0.2, 0.25) is 0 Å². The molecule has 1 fully saturated rings. The summed E-state index contributed by atoms with van der Waals surface area (Å²) in [5, 5.41) is 14.5. The minimum Gasteiger partial charge on any atom is -0.490 e. The van der Waals surface area contributed by atoms with Crippen molar-refractivity contribution in [2.75, 3.05) is 13.7 Å². The van der Waals surface area contributed by atoms with E-state index < -0.39 is 4.92 Å². The molecular weight excluding hydrogens is 268 g/mol. The van der Waals surface area contributed by atoms with E-state index in [0.717, 1.165) is 12.1 Å². The highest BCUT2D eigenvalue weighted by Gasteiger charge is 2.26. The van der Waals surface area contributed by atoms with Crippen LogP contribution in [0, 0.1) is 15.5 Å². The van der Waals surface area contributed by atoms with Crippen LogP contribution in [0.1, 0.15) is 44.6 Å². The Hall–Kier alpha value is -1.62. The Morgan fingerprint density at radius 3 is 2.67 bits per heavy atom. The molecule has 5 nitrogen and oxygen atoms in total. The number of hydrogen-bond donors (Lipinski definition) is 1. The van der Waals surface area contributed by atoms with Crippen LogP contribution >= 0.6 is 0 Å². The lowest BCUT2D eigenvalue weighted by Crippen LogP contribution is -2.33. The van der Waals surface area contributed by atoms with Crippen molar-refractivity contribution in [2.24, 2.45) is 5.41 Å². The Bertz CT molecular complexity index is 496. The van der Waals surface area contributed by atoms with E-state index in [1.807, 2.05) is 6.07 Å². The molecular formula is C16H24N2O3. The zero-order chi connectivity index (χ0) is 15.3. The van der Waals surface area contributed by atoms with Gasteiger partial charge in [-0.2, -0.15) is 0 Å². The average Bonchev–Trinajstić information content (AvgIpc) is 2.47. The second-order valence-corrected chi connectivity index (χ2v) is 6.24. The highest BCUT2D eigenvalue weighted by Crippen LogP contribution is 2.35. The standard InChI is InChI=1S/C16H24N2O3/c1-16(8-4-3-5-9-16)12-17-11-13-6-7-15(21-2)14(10-13)18(19)20/h6-7,10,17H,3-5,8-9,11-12H2,1-2H3. The molecule has 0 aliphatic heterocycles. The van der Waals surface area contributed by atoms with Crippen molar-refractivity contribution >= 4 is 5.69 Å². The van der Waals surface area contributed by atoms with Gasteiger partial charge in [-0.1, -0.05) is 32.3 Å². The average molecular weight is 292 g/mol. The maximum Gasteiger partial charge on any atom is 0.311 e. The van der Waals surface area contributed by atoms with Crippen LogP contribution in [-0.4, -0.2) is 18.6 Å². The minimum absolute atomic E-state index is 0.0284. The summed E-state index contributed by atoms with van der Waals surface area (Å²) >= 11 is 0. The fourth-order valence-electron chi connectivity index (χ4n) is 3.08. The van der Waals surface area contributed by atoms with Gasteiger partial charge < -0.3 is 10.1 Å². The molecule has 2 rings (SSSR count). The SMILES string of the molecule is COc1ccc(CNCC2(C)CCCCC2)cc1[N+](=O)[O-]. The summed E-state index contributed by atoms with van der Waals surface area (Å²) in [5.41, 5.74) is 1.32. The maximum absolute atomic E-state index is 11.0. The van der Waals surface area contributed by atoms with Gasteiger partial charge in [-0.05, 0) is 29.9 Å². The number of ether oxygens (including phenoxy) is 1. The second-order valence-electron chi connectivity index (χ2n) is 6.24. The Morgan fingerprint density at radius 1 is 1.33 bits per heavy atom. The van der Waals surface area contributed by atoms with E-state index >= 15 is 0 Å². The van der Waals surface area contributed by atoms with Crippen molar-refractivity contribution in [2.45, 2.75) is 45.6 Å². The number of nitrogens with one attached hydrogen (secondary N) is 1. The molecule has 1 aliphatic carbocycles. The second kappa shape index (κ2) is 6.89. The van der Waals surface area contributed by atoms with E-state index in [9.17, 15) is 10.1 Å². The Balaban J connectivity index is 1.94. The first-order valence-corrected chi connectivity index (χ1v) is 7.56. The first-order chi connectivity index (χ1) is 10.0. The van der Waals surface area contributed by atoms with Gasteiger partial charge in [-0.15, -0.1) is 0 Å². The predicted octanol–water partition coefficient (Wildman–Crippen LogP) is 3.66. The monoisotopic (exact) mass is 292 g/mol. The fourth-order valence-corrected chi connectivity index (χ4v) is 3.08. The van der Waals surface area contributed by atoms with Gasteiger partial charge in [0.1, 0.15) is 0 Å². The van der Waals surface area contributed by atoms with Crippen molar-refractivity contribution in [1.82, 2.24) is 5.32 Å². The van der Waals surface area contributed by atoms with Crippen molar-refractivity contribution in [3.05, 3.63) is 33.9 Å². The zero-order valence-electron chi connectivity index (χ0n) is 12.9. The number of rotatable bonds is 6. The molecule has 0 heterocycles. The molecule has 1 saturated carbocycles.